The second-order valence-electron chi connectivity index (χ2n) is 5.11. The average Bonchev–Trinajstić information content (AvgIpc) is 3.08. The van der Waals surface area contributed by atoms with Crippen molar-refractivity contribution in [2.24, 2.45) is 0 Å². The van der Waals surface area contributed by atoms with Crippen LogP contribution in [0.15, 0.2) is 57.8 Å². The number of hydrogen-bond acceptors (Lipinski definition) is 4. The lowest BCUT2D eigenvalue weighted by Crippen LogP contribution is -2.23. The van der Waals surface area contributed by atoms with Gasteiger partial charge in [0.1, 0.15) is 0 Å². The highest BCUT2D eigenvalue weighted by Crippen LogP contribution is 2.20. The Morgan fingerprint density at radius 1 is 1.17 bits per heavy atom. The molecule has 4 aromatic rings. The maximum Gasteiger partial charge on any atom is 0.291 e. The van der Waals surface area contributed by atoms with Gasteiger partial charge in [-0.15, -0.1) is 5.10 Å². The van der Waals surface area contributed by atoms with Crippen LogP contribution < -0.4 is 10.1 Å². The lowest BCUT2D eigenvalue weighted by atomic mass is 10.2. The minimum absolute atomic E-state index is 0.171. The molecule has 0 aliphatic heterocycles. The normalized spacial score (nSPS) is 12.2. The van der Waals surface area contributed by atoms with Gasteiger partial charge in [-0.1, -0.05) is 63.1 Å². The zero-order chi connectivity index (χ0) is 16.7. The summed E-state index contributed by atoms with van der Waals surface area (Å²) in [6.07, 6.45) is 1.84. The predicted octanol–water partition coefficient (Wildman–Crippen LogP) is 3.78. The summed E-state index contributed by atoms with van der Waals surface area (Å²) < 4.78 is 2.90. The van der Waals surface area contributed by atoms with Crippen molar-refractivity contribution in [3.63, 3.8) is 0 Å². The minimum atomic E-state index is -0.171. The lowest BCUT2D eigenvalue weighted by Gasteiger charge is -1.94. The van der Waals surface area contributed by atoms with Gasteiger partial charge in [0.15, 0.2) is 5.82 Å². The number of aromatic nitrogens is 3. The topological polar surface area (TPSA) is 47.3 Å². The Morgan fingerprint density at radius 3 is 2.75 bits per heavy atom. The van der Waals surface area contributed by atoms with Gasteiger partial charge in [-0.3, -0.25) is 4.79 Å². The molecule has 24 heavy (non-hydrogen) atoms. The van der Waals surface area contributed by atoms with Crippen molar-refractivity contribution in [3.8, 4) is 11.4 Å². The number of fused-ring (bicyclic) bond motifs is 1. The molecule has 118 valence electrons. The first-order chi connectivity index (χ1) is 11.6. The number of rotatable bonds is 2. The molecule has 0 saturated carbocycles. The number of hydrogen-bond donors (Lipinski definition) is 0. The fourth-order valence-corrected chi connectivity index (χ4v) is 3.85. The van der Waals surface area contributed by atoms with Gasteiger partial charge >= 0.3 is 0 Å². The molecular formula is C17H9BrClN3OS. The summed E-state index contributed by atoms with van der Waals surface area (Å²) in [5.74, 6) is 0.495. The number of nitrogens with zero attached hydrogens (tertiary/aromatic N) is 3. The zero-order valence-corrected chi connectivity index (χ0v) is 15.3. The van der Waals surface area contributed by atoms with Crippen molar-refractivity contribution in [2.45, 2.75) is 0 Å². The third kappa shape index (κ3) is 2.88. The molecule has 0 N–H and O–H groups in total. The van der Waals surface area contributed by atoms with Crippen LogP contribution in [-0.4, -0.2) is 14.6 Å². The highest BCUT2D eigenvalue weighted by molar-refractivity contribution is 9.10. The van der Waals surface area contributed by atoms with Gasteiger partial charge in [0.25, 0.3) is 5.56 Å². The Hall–Kier alpha value is -2.02. The van der Waals surface area contributed by atoms with Crippen LogP contribution in [0.3, 0.4) is 0 Å². The smallest absolute Gasteiger partial charge is 0.266 e. The Labute approximate surface area is 154 Å². The van der Waals surface area contributed by atoms with E-state index < -0.39 is 0 Å². The lowest BCUT2D eigenvalue weighted by molar-refractivity contribution is 0.937. The summed E-state index contributed by atoms with van der Waals surface area (Å²) in [5, 5.41) is 4.93. The van der Waals surface area contributed by atoms with Crippen LogP contribution in [0.2, 0.25) is 5.02 Å². The second-order valence-corrected chi connectivity index (χ2v) is 7.47. The van der Waals surface area contributed by atoms with Crippen LogP contribution in [0.5, 0.6) is 0 Å². The molecule has 0 amide bonds. The van der Waals surface area contributed by atoms with Gasteiger partial charge in [0, 0.05) is 15.1 Å². The van der Waals surface area contributed by atoms with Crippen LogP contribution >= 0.6 is 38.9 Å². The molecule has 0 bridgehead atoms. The maximum absolute atomic E-state index is 12.5. The molecule has 4 rings (SSSR count). The number of halogens is 2. The molecule has 7 heteroatoms. The molecule has 4 nitrogen and oxygen atoms in total. The molecular weight excluding hydrogens is 410 g/mol. The first kappa shape index (κ1) is 15.5. The van der Waals surface area contributed by atoms with E-state index >= 15 is 0 Å². The van der Waals surface area contributed by atoms with Gasteiger partial charge in [-0.05, 0) is 35.9 Å². The molecule has 0 saturated heterocycles. The molecule has 0 unspecified atom stereocenters. The van der Waals surface area contributed by atoms with Crippen molar-refractivity contribution >= 4 is 49.9 Å². The summed E-state index contributed by atoms with van der Waals surface area (Å²) in [6.45, 7) is 0. The first-order valence-corrected chi connectivity index (χ1v) is 9.02. The fraction of sp³-hybridized carbons (Fsp3) is 0. The van der Waals surface area contributed by atoms with Crippen LogP contribution in [0.1, 0.15) is 5.56 Å². The predicted molar refractivity (Wildman–Crippen MR) is 101 cm³/mol. The fourth-order valence-electron chi connectivity index (χ4n) is 2.33. The molecule has 0 spiro atoms. The van der Waals surface area contributed by atoms with Crippen molar-refractivity contribution in [2.75, 3.05) is 0 Å². The molecule has 2 aromatic heterocycles. The quantitative estimate of drug-likeness (QED) is 0.498. The van der Waals surface area contributed by atoms with E-state index in [1.54, 1.807) is 12.1 Å². The van der Waals surface area contributed by atoms with E-state index in [0.29, 0.717) is 20.3 Å². The Morgan fingerprint density at radius 2 is 2.00 bits per heavy atom. The van der Waals surface area contributed by atoms with Gasteiger partial charge in [-0.25, -0.2) is 0 Å². The zero-order valence-electron chi connectivity index (χ0n) is 12.1. The Kier molecular flexibility index (Phi) is 3.96. The highest BCUT2D eigenvalue weighted by atomic mass is 79.9. The van der Waals surface area contributed by atoms with Crippen molar-refractivity contribution in [1.29, 1.82) is 0 Å². The SMILES string of the molecule is O=c1c(=Cc2cccc(Br)c2)sc2nc(-c3cccc(Cl)c3)nn12. The van der Waals surface area contributed by atoms with Crippen LogP contribution in [0, 0.1) is 0 Å². The monoisotopic (exact) mass is 417 g/mol. The summed E-state index contributed by atoms with van der Waals surface area (Å²) in [6, 6.07) is 15.0. The van der Waals surface area contributed by atoms with Crippen molar-refractivity contribution in [1.82, 2.24) is 14.6 Å². The van der Waals surface area contributed by atoms with Gasteiger partial charge in [0.05, 0.1) is 4.53 Å². The van der Waals surface area contributed by atoms with Gasteiger partial charge in [-0.2, -0.15) is 9.50 Å². The molecule has 0 atom stereocenters. The summed E-state index contributed by atoms with van der Waals surface area (Å²) in [7, 11) is 0. The van der Waals surface area contributed by atoms with E-state index in [1.165, 1.54) is 15.9 Å². The van der Waals surface area contributed by atoms with E-state index in [-0.39, 0.29) is 5.56 Å². The Balaban J connectivity index is 1.83. The van der Waals surface area contributed by atoms with Crippen LogP contribution in [0.4, 0.5) is 0 Å². The highest BCUT2D eigenvalue weighted by Gasteiger charge is 2.12. The molecule has 0 aliphatic rings. The largest absolute Gasteiger partial charge is 0.291 e. The summed E-state index contributed by atoms with van der Waals surface area (Å²) in [5.41, 5.74) is 1.56. The van der Waals surface area contributed by atoms with E-state index in [9.17, 15) is 4.79 Å². The van der Waals surface area contributed by atoms with Crippen molar-refractivity contribution < 1.29 is 0 Å². The van der Waals surface area contributed by atoms with Gasteiger partial charge in [0.2, 0.25) is 4.96 Å². The number of thiazole rings is 1. The first-order valence-electron chi connectivity index (χ1n) is 7.03. The van der Waals surface area contributed by atoms with E-state index in [2.05, 4.69) is 26.0 Å². The maximum atomic E-state index is 12.5. The minimum Gasteiger partial charge on any atom is -0.266 e. The molecule has 2 heterocycles. The summed E-state index contributed by atoms with van der Waals surface area (Å²) >= 11 is 10.7. The van der Waals surface area contributed by atoms with Crippen LogP contribution in [0.25, 0.3) is 22.4 Å². The van der Waals surface area contributed by atoms with Crippen molar-refractivity contribution in [3.05, 3.63) is 78.5 Å². The van der Waals surface area contributed by atoms with E-state index in [0.717, 1.165) is 15.6 Å². The summed E-state index contributed by atoms with van der Waals surface area (Å²) in [4.78, 5) is 17.5. The molecule has 0 aliphatic carbocycles. The standard InChI is InChI=1S/C17H9BrClN3OS/c18-12-5-1-3-10(7-12)8-14-16(23)22-17(24-14)20-15(21-22)11-4-2-6-13(19)9-11/h1-9H. The van der Waals surface area contributed by atoms with E-state index in [1.807, 2.05) is 42.5 Å². The third-order valence-electron chi connectivity index (χ3n) is 3.41. The van der Waals surface area contributed by atoms with Gasteiger partial charge < -0.3 is 0 Å². The average molecular weight is 419 g/mol. The number of benzene rings is 2. The van der Waals surface area contributed by atoms with E-state index in [4.69, 9.17) is 11.6 Å². The Bertz CT molecular complexity index is 1170. The van der Waals surface area contributed by atoms with Crippen LogP contribution in [-0.2, 0) is 0 Å². The molecule has 0 radical (unpaired) electrons. The molecule has 2 aromatic carbocycles. The molecule has 0 fully saturated rings. The third-order valence-corrected chi connectivity index (χ3v) is 5.10. The second kappa shape index (κ2) is 6.12.